The molecule has 0 radical (unpaired) electrons. The van der Waals surface area contributed by atoms with Gasteiger partial charge in [-0.05, 0) is 30.8 Å². The van der Waals surface area contributed by atoms with E-state index in [1.54, 1.807) is 11.4 Å². The third kappa shape index (κ3) is 3.78. The smallest absolute Gasteiger partial charge is 0.262 e. The van der Waals surface area contributed by atoms with Crippen LogP contribution in [-0.2, 0) is 16.6 Å². The van der Waals surface area contributed by atoms with Gasteiger partial charge >= 0.3 is 0 Å². The van der Waals surface area contributed by atoms with E-state index in [-0.39, 0.29) is 10.6 Å². The molecule has 0 saturated heterocycles. The van der Waals surface area contributed by atoms with Crippen LogP contribution in [0, 0.1) is 5.82 Å². The Morgan fingerprint density at radius 1 is 1.30 bits per heavy atom. The van der Waals surface area contributed by atoms with Gasteiger partial charge in [-0.3, -0.25) is 4.72 Å². The molecule has 0 atom stereocenters. The normalized spacial score (nSPS) is 11.5. The molecule has 2 rings (SSSR count). The topological polar surface area (TPSA) is 58.2 Å². The largest absolute Gasteiger partial charge is 0.312 e. The van der Waals surface area contributed by atoms with Crippen molar-refractivity contribution in [3.05, 3.63) is 46.4 Å². The predicted molar refractivity (Wildman–Crippen MR) is 78.9 cm³/mol. The van der Waals surface area contributed by atoms with Gasteiger partial charge in [-0.1, -0.05) is 13.0 Å². The van der Waals surface area contributed by atoms with Crippen molar-refractivity contribution in [2.24, 2.45) is 0 Å². The number of sulfonamides is 1. The number of anilines is 1. The van der Waals surface area contributed by atoms with Gasteiger partial charge in [0.25, 0.3) is 10.0 Å². The highest BCUT2D eigenvalue weighted by Crippen LogP contribution is 2.22. The fourth-order valence-corrected chi connectivity index (χ4v) is 3.90. The van der Waals surface area contributed by atoms with Crippen LogP contribution in [0.1, 0.15) is 11.8 Å². The molecule has 7 heteroatoms. The second-order valence-corrected chi connectivity index (χ2v) is 6.82. The minimum atomic E-state index is -3.67. The monoisotopic (exact) mass is 314 g/mol. The van der Waals surface area contributed by atoms with Crippen molar-refractivity contribution in [1.29, 1.82) is 0 Å². The molecule has 1 aromatic heterocycles. The van der Waals surface area contributed by atoms with Gasteiger partial charge in [0, 0.05) is 16.8 Å². The van der Waals surface area contributed by atoms with Crippen LogP contribution >= 0.6 is 11.3 Å². The third-order valence-corrected chi connectivity index (χ3v) is 5.01. The molecule has 0 fully saturated rings. The van der Waals surface area contributed by atoms with Gasteiger partial charge in [0.1, 0.15) is 5.82 Å². The number of benzene rings is 1. The summed E-state index contributed by atoms with van der Waals surface area (Å²) in [6.45, 7) is 3.44. The summed E-state index contributed by atoms with van der Waals surface area (Å²) in [5.74, 6) is -0.483. The summed E-state index contributed by atoms with van der Waals surface area (Å²) in [6.07, 6.45) is 0. The van der Waals surface area contributed by atoms with Crippen LogP contribution in [0.15, 0.2) is 40.6 Å². The van der Waals surface area contributed by atoms with E-state index in [0.29, 0.717) is 6.54 Å². The molecule has 1 aromatic carbocycles. The van der Waals surface area contributed by atoms with E-state index in [9.17, 15) is 12.8 Å². The lowest BCUT2D eigenvalue weighted by molar-refractivity contribution is 0.601. The quantitative estimate of drug-likeness (QED) is 0.862. The van der Waals surface area contributed by atoms with Crippen LogP contribution in [0.4, 0.5) is 10.1 Å². The number of hydrogen-bond acceptors (Lipinski definition) is 4. The van der Waals surface area contributed by atoms with Gasteiger partial charge in [0.15, 0.2) is 0 Å². The molecule has 0 unspecified atom stereocenters. The Morgan fingerprint density at radius 3 is 2.80 bits per heavy atom. The molecule has 20 heavy (non-hydrogen) atoms. The molecule has 0 spiro atoms. The van der Waals surface area contributed by atoms with Crippen LogP contribution < -0.4 is 10.0 Å². The highest BCUT2D eigenvalue weighted by atomic mass is 32.2. The van der Waals surface area contributed by atoms with Crippen LogP contribution in [0.2, 0.25) is 0 Å². The lowest BCUT2D eigenvalue weighted by atomic mass is 10.3. The molecule has 0 amide bonds. The molecule has 108 valence electrons. The lowest BCUT2D eigenvalue weighted by Gasteiger charge is -2.06. The van der Waals surface area contributed by atoms with E-state index in [1.165, 1.54) is 29.5 Å². The average Bonchev–Trinajstić information content (AvgIpc) is 2.85. The highest BCUT2D eigenvalue weighted by molar-refractivity contribution is 7.92. The van der Waals surface area contributed by atoms with Gasteiger partial charge in [-0.15, -0.1) is 11.3 Å². The van der Waals surface area contributed by atoms with Crippen molar-refractivity contribution in [2.45, 2.75) is 18.4 Å². The molecule has 0 aliphatic heterocycles. The maximum atomic E-state index is 13.0. The molecular formula is C13H15FN2O2S2. The average molecular weight is 314 g/mol. The zero-order chi connectivity index (χ0) is 14.6. The second-order valence-electron chi connectivity index (χ2n) is 4.14. The zero-order valence-corrected chi connectivity index (χ0v) is 12.5. The first-order chi connectivity index (χ1) is 9.51. The third-order valence-electron chi connectivity index (χ3n) is 2.57. The first-order valence-electron chi connectivity index (χ1n) is 6.08. The van der Waals surface area contributed by atoms with E-state index in [4.69, 9.17) is 0 Å². The summed E-state index contributed by atoms with van der Waals surface area (Å²) in [6, 6.07) is 6.99. The molecular weight excluding hydrogens is 299 g/mol. The van der Waals surface area contributed by atoms with E-state index in [0.717, 1.165) is 17.5 Å². The molecule has 0 saturated carbocycles. The van der Waals surface area contributed by atoms with E-state index in [2.05, 4.69) is 10.0 Å². The Balaban J connectivity index is 2.16. The summed E-state index contributed by atoms with van der Waals surface area (Å²) in [5.41, 5.74) is 0.212. The van der Waals surface area contributed by atoms with Gasteiger partial charge in [0.2, 0.25) is 0 Å². The Kier molecular flexibility index (Phi) is 4.74. The molecule has 4 nitrogen and oxygen atoms in total. The van der Waals surface area contributed by atoms with Crippen LogP contribution in [-0.4, -0.2) is 15.0 Å². The van der Waals surface area contributed by atoms with Gasteiger partial charge in [-0.25, -0.2) is 12.8 Å². The fraction of sp³-hybridized carbons (Fsp3) is 0.231. The first-order valence-corrected chi connectivity index (χ1v) is 8.44. The predicted octanol–water partition coefficient (Wildman–Crippen LogP) is 2.80. The Labute approximate surface area is 121 Å². The molecule has 1 heterocycles. The maximum Gasteiger partial charge on any atom is 0.262 e. The molecule has 2 aromatic rings. The van der Waals surface area contributed by atoms with Crippen molar-refractivity contribution in [3.63, 3.8) is 0 Å². The minimum absolute atomic E-state index is 0.194. The number of thiophene rings is 1. The summed E-state index contributed by atoms with van der Waals surface area (Å²) in [5, 5.41) is 4.71. The summed E-state index contributed by atoms with van der Waals surface area (Å²) < 4.78 is 39.7. The highest BCUT2D eigenvalue weighted by Gasteiger charge is 2.16. The van der Waals surface area contributed by atoms with E-state index < -0.39 is 15.8 Å². The first kappa shape index (κ1) is 15.0. The molecule has 2 N–H and O–H groups in total. The Bertz CT molecular complexity index is 683. The van der Waals surface area contributed by atoms with Crippen molar-refractivity contribution in [1.82, 2.24) is 5.32 Å². The van der Waals surface area contributed by atoms with E-state index in [1.807, 2.05) is 6.92 Å². The fourth-order valence-electron chi connectivity index (χ4n) is 1.61. The summed E-state index contributed by atoms with van der Waals surface area (Å²) in [4.78, 5) is 1.13. The van der Waals surface area contributed by atoms with Gasteiger partial charge in [-0.2, -0.15) is 0 Å². The molecule has 0 bridgehead atoms. The van der Waals surface area contributed by atoms with Gasteiger partial charge < -0.3 is 5.32 Å². The molecule has 0 aliphatic rings. The SMILES string of the molecule is CCNCc1cc(S(=O)(=O)Nc2cccc(F)c2)cs1. The number of nitrogens with one attached hydrogen (secondary N) is 2. The Hall–Kier alpha value is -1.44. The van der Waals surface area contributed by atoms with Crippen molar-refractivity contribution in [2.75, 3.05) is 11.3 Å². The maximum absolute atomic E-state index is 13.0. The van der Waals surface area contributed by atoms with Crippen molar-refractivity contribution in [3.8, 4) is 0 Å². The summed E-state index contributed by atoms with van der Waals surface area (Å²) >= 11 is 1.37. The van der Waals surface area contributed by atoms with Crippen LogP contribution in [0.25, 0.3) is 0 Å². The standard InChI is InChI=1S/C13H15FN2O2S2/c1-2-15-8-12-7-13(9-19-12)20(17,18)16-11-5-3-4-10(14)6-11/h3-7,9,15-16H,2,8H2,1H3. The van der Waals surface area contributed by atoms with Crippen LogP contribution in [0.3, 0.4) is 0 Å². The number of hydrogen-bond donors (Lipinski definition) is 2. The second kappa shape index (κ2) is 6.34. The summed E-state index contributed by atoms with van der Waals surface area (Å²) in [7, 11) is -3.67. The zero-order valence-electron chi connectivity index (χ0n) is 10.9. The minimum Gasteiger partial charge on any atom is -0.312 e. The van der Waals surface area contributed by atoms with Crippen molar-refractivity contribution >= 4 is 27.0 Å². The Morgan fingerprint density at radius 2 is 2.10 bits per heavy atom. The van der Waals surface area contributed by atoms with E-state index >= 15 is 0 Å². The number of halogens is 1. The lowest BCUT2D eigenvalue weighted by Crippen LogP contribution is -2.13. The van der Waals surface area contributed by atoms with Gasteiger partial charge in [0.05, 0.1) is 10.6 Å². The number of rotatable bonds is 6. The van der Waals surface area contributed by atoms with Crippen LogP contribution in [0.5, 0.6) is 0 Å². The molecule has 0 aliphatic carbocycles. The van der Waals surface area contributed by atoms with Crippen molar-refractivity contribution < 1.29 is 12.8 Å².